The van der Waals surface area contributed by atoms with E-state index < -0.39 is 29.4 Å². The molecule has 0 amide bonds. The Kier molecular flexibility index (Phi) is 8.31. The molecule has 232 valence electrons. The second kappa shape index (κ2) is 12.3. The van der Waals surface area contributed by atoms with E-state index in [1.54, 1.807) is 19.2 Å². The summed E-state index contributed by atoms with van der Waals surface area (Å²) in [6.07, 6.45) is 0.218. The molecule has 2 aromatic heterocycles. The second-order valence-corrected chi connectivity index (χ2v) is 11.5. The van der Waals surface area contributed by atoms with Gasteiger partial charge in [0, 0.05) is 24.7 Å². The number of aryl methyl sites for hydroxylation is 1. The number of aromatic nitrogens is 3. The molecular weight excluding hydrogens is 586 g/mol. The number of imidazole rings is 1. The molecule has 0 radical (unpaired) electrons. The molecule has 6 rings (SSSR count). The Morgan fingerprint density at radius 2 is 1.67 bits per heavy atom. The van der Waals surface area contributed by atoms with E-state index in [2.05, 4.69) is 4.98 Å². The number of nitrogens with zero attached hydrogens (tertiary/aromatic N) is 3. The first-order valence-electron chi connectivity index (χ1n) is 14.8. The van der Waals surface area contributed by atoms with Gasteiger partial charge in [-0.15, -0.1) is 0 Å². The van der Waals surface area contributed by atoms with Crippen LogP contribution in [-0.4, -0.2) is 25.6 Å². The highest BCUT2D eigenvalue weighted by Crippen LogP contribution is 2.40. The summed E-state index contributed by atoms with van der Waals surface area (Å²) in [7, 11) is 0. The number of carboxylic acid groups (broad SMARTS) is 1. The maximum absolute atomic E-state index is 14.4. The van der Waals surface area contributed by atoms with Gasteiger partial charge in [0.25, 0.3) is 0 Å². The number of rotatable bonds is 8. The lowest BCUT2D eigenvalue weighted by Crippen LogP contribution is -2.27. The van der Waals surface area contributed by atoms with Gasteiger partial charge >= 0.3 is 12.1 Å². The highest BCUT2D eigenvalue weighted by Gasteiger charge is 2.35. The number of carbonyl (C=O) groups is 1. The van der Waals surface area contributed by atoms with Crippen LogP contribution in [-0.2, 0) is 24.1 Å². The van der Waals surface area contributed by atoms with Crippen LogP contribution in [0.2, 0.25) is 0 Å². The molecule has 1 aliphatic carbocycles. The maximum atomic E-state index is 14.4. The number of ether oxygens (including phenoxy) is 1. The van der Waals surface area contributed by atoms with Gasteiger partial charge in [0.2, 0.25) is 0 Å². The summed E-state index contributed by atoms with van der Waals surface area (Å²) in [4.78, 5) is 21.3. The molecule has 0 bridgehead atoms. The van der Waals surface area contributed by atoms with Gasteiger partial charge in [-0.2, -0.15) is 13.2 Å². The lowest BCUT2D eigenvalue weighted by atomic mass is 9.78. The summed E-state index contributed by atoms with van der Waals surface area (Å²) in [5.41, 5.74) is 3.98. The number of aliphatic carboxylic acids is 1. The summed E-state index contributed by atoms with van der Waals surface area (Å²) >= 11 is 0. The van der Waals surface area contributed by atoms with Crippen molar-refractivity contribution >= 4 is 17.0 Å². The van der Waals surface area contributed by atoms with Crippen molar-refractivity contribution < 1.29 is 32.2 Å². The van der Waals surface area contributed by atoms with Gasteiger partial charge in [0.1, 0.15) is 29.7 Å². The number of fused-ring (bicyclic) bond motifs is 1. The summed E-state index contributed by atoms with van der Waals surface area (Å²) in [5.74, 6) is -0.927. The summed E-state index contributed by atoms with van der Waals surface area (Å²) < 4.78 is 61.4. The van der Waals surface area contributed by atoms with E-state index in [9.17, 15) is 27.5 Å². The first-order chi connectivity index (χ1) is 21.6. The largest absolute Gasteiger partial charge is 0.487 e. The minimum Gasteiger partial charge on any atom is -0.487 e. The summed E-state index contributed by atoms with van der Waals surface area (Å²) in [6, 6.07) is 19.4. The molecule has 1 saturated carbocycles. The van der Waals surface area contributed by atoms with Gasteiger partial charge in [-0.25, -0.2) is 9.37 Å². The minimum absolute atomic E-state index is 0.0618. The summed E-state index contributed by atoms with van der Waals surface area (Å²) in [6.45, 7) is 2.09. The van der Waals surface area contributed by atoms with Crippen molar-refractivity contribution in [3.63, 3.8) is 0 Å². The topological polar surface area (TPSA) is 77.2 Å². The van der Waals surface area contributed by atoms with Crippen LogP contribution >= 0.6 is 0 Å². The monoisotopic (exact) mass is 617 g/mol. The van der Waals surface area contributed by atoms with Crippen molar-refractivity contribution in [2.75, 3.05) is 0 Å². The molecule has 1 fully saturated rings. The van der Waals surface area contributed by atoms with Gasteiger partial charge in [0.15, 0.2) is 0 Å². The standard InChI is InChI=1S/C35H31F4N3O3/c1-21-16-29(36)31(40-18-21)20-45-26-14-15-30-32(17-26)42(33(41-30)27-4-2-3-5-28(27)34(43)44)19-22-6-8-23(9-7-22)24-10-12-25(13-11-24)35(37,38)39/h6-18,27-28H,2-5,19-20H2,1H3,(H,43,44)/t27-,28+/m0/s1. The Balaban J connectivity index is 1.33. The molecule has 1 aliphatic rings. The molecule has 2 atom stereocenters. The van der Waals surface area contributed by atoms with Crippen LogP contribution in [0.25, 0.3) is 22.2 Å². The average molecular weight is 618 g/mol. The van der Waals surface area contributed by atoms with Gasteiger partial charge < -0.3 is 14.4 Å². The Morgan fingerprint density at radius 1 is 0.978 bits per heavy atom. The molecular formula is C35H31F4N3O3. The van der Waals surface area contributed by atoms with Crippen molar-refractivity contribution in [3.8, 4) is 16.9 Å². The van der Waals surface area contributed by atoms with Crippen LogP contribution in [0.3, 0.4) is 0 Å². The smallest absolute Gasteiger partial charge is 0.416 e. The normalized spacial score (nSPS) is 17.0. The number of benzene rings is 3. The molecule has 0 spiro atoms. The van der Waals surface area contributed by atoms with E-state index in [1.807, 2.05) is 41.0 Å². The van der Waals surface area contributed by atoms with Crippen molar-refractivity contribution in [1.82, 2.24) is 14.5 Å². The SMILES string of the molecule is Cc1cnc(COc2ccc3nc([C@H]4CCCC[C@H]4C(=O)O)n(Cc4ccc(-c5ccc(C(F)(F)F)cc5)cc4)c3c2)c(F)c1. The molecule has 45 heavy (non-hydrogen) atoms. The third-order valence-corrected chi connectivity index (χ3v) is 8.43. The molecule has 10 heteroatoms. The van der Waals surface area contributed by atoms with Crippen LogP contribution < -0.4 is 4.74 Å². The van der Waals surface area contributed by atoms with Crippen LogP contribution in [0.4, 0.5) is 17.6 Å². The Bertz CT molecular complexity index is 1830. The zero-order chi connectivity index (χ0) is 31.7. The van der Waals surface area contributed by atoms with Crippen molar-refractivity contribution in [2.24, 2.45) is 5.92 Å². The molecule has 0 saturated heterocycles. The first-order valence-corrected chi connectivity index (χ1v) is 14.8. The molecule has 2 heterocycles. The fourth-order valence-corrected chi connectivity index (χ4v) is 6.05. The highest BCUT2D eigenvalue weighted by atomic mass is 19.4. The number of carboxylic acids is 1. The van der Waals surface area contributed by atoms with E-state index >= 15 is 0 Å². The Hall–Kier alpha value is -4.73. The number of pyridine rings is 1. The maximum Gasteiger partial charge on any atom is 0.416 e. The van der Waals surface area contributed by atoms with Crippen LogP contribution in [0, 0.1) is 18.7 Å². The van der Waals surface area contributed by atoms with E-state index in [4.69, 9.17) is 9.72 Å². The number of hydrogen-bond donors (Lipinski definition) is 1. The van der Waals surface area contributed by atoms with Gasteiger partial charge in [-0.1, -0.05) is 49.2 Å². The molecule has 0 aliphatic heterocycles. The van der Waals surface area contributed by atoms with Crippen molar-refractivity contribution in [1.29, 1.82) is 0 Å². The minimum atomic E-state index is -4.40. The van der Waals surface area contributed by atoms with E-state index in [0.29, 0.717) is 47.6 Å². The van der Waals surface area contributed by atoms with Crippen LogP contribution in [0.5, 0.6) is 5.75 Å². The fourth-order valence-electron chi connectivity index (χ4n) is 6.05. The van der Waals surface area contributed by atoms with Crippen LogP contribution in [0.1, 0.15) is 59.8 Å². The molecule has 3 aromatic carbocycles. The lowest BCUT2D eigenvalue weighted by Gasteiger charge is -2.28. The van der Waals surface area contributed by atoms with E-state index in [-0.39, 0.29) is 18.2 Å². The van der Waals surface area contributed by atoms with Crippen LogP contribution in [0.15, 0.2) is 79.0 Å². The molecule has 5 aromatic rings. The number of hydrogen-bond acceptors (Lipinski definition) is 4. The zero-order valence-corrected chi connectivity index (χ0v) is 24.5. The lowest BCUT2D eigenvalue weighted by molar-refractivity contribution is -0.143. The third-order valence-electron chi connectivity index (χ3n) is 8.43. The average Bonchev–Trinajstić information content (AvgIpc) is 3.38. The van der Waals surface area contributed by atoms with Crippen molar-refractivity contribution in [3.05, 3.63) is 113 Å². The second-order valence-electron chi connectivity index (χ2n) is 11.5. The predicted molar refractivity (Wildman–Crippen MR) is 161 cm³/mol. The third kappa shape index (κ3) is 6.55. The Labute approximate surface area is 257 Å². The van der Waals surface area contributed by atoms with Gasteiger partial charge in [-0.05, 0) is 72.4 Å². The van der Waals surface area contributed by atoms with Gasteiger partial charge in [0.05, 0.1) is 22.5 Å². The predicted octanol–water partition coefficient (Wildman–Crippen LogP) is 8.55. The Morgan fingerprint density at radius 3 is 2.33 bits per heavy atom. The van der Waals surface area contributed by atoms with E-state index in [0.717, 1.165) is 41.6 Å². The fraction of sp³-hybridized carbons (Fsp3) is 0.286. The number of alkyl halides is 3. The van der Waals surface area contributed by atoms with Crippen molar-refractivity contribution in [2.45, 2.75) is 57.9 Å². The van der Waals surface area contributed by atoms with E-state index in [1.165, 1.54) is 18.2 Å². The first kappa shape index (κ1) is 30.3. The molecule has 1 N–H and O–H groups in total. The number of halogens is 4. The molecule has 0 unspecified atom stereocenters. The highest BCUT2D eigenvalue weighted by molar-refractivity contribution is 5.79. The zero-order valence-electron chi connectivity index (χ0n) is 24.5. The quantitative estimate of drug-likeness (QED) is 0.177. The summed E-state index contributed by atoms with van der Waals surface area (Å²) in [5, 5.41) is 10.0. The molecule has 6 nitrogen and oxygen atoms in total. The van der Waals surface area contributed by atoms with Gasteiger partial charge in [-0.3, -0.25) is 9.78 Å².